The second-order valence-electron chi connectivity index (χ2n) is 2.44. The third-order valence-electron chi connectivity index (χ3n) is 1.58. The van der Waals surface area contributed by atoms with Crippen LogP contribution in [0.1, 0.15) is 0 Å². The number of rotatable bonds is 1. The van der Waals surface area contributed by atoms with Crippen molar-refractivity contribution in [1.82, 2.24) is 14.8 Å². The minimum absolute atomic E-state index is 0.333. The predicted octanol–water partition coefficient (Wildman–Crippen LogP) is 2.17. The van der Waals surface area contributed by atoms with Crippen molar-refractivity contribution in [2.24, 2.45) is 0 Å². The zero-order chi connectivity index (χ0) is 9.26. The molecule has 0 spiro atoms. The van der Waals surface area contributed by atoms with Crippen LogP contribution in [0.15, 0.2) is 35.3 Å². The summed E-state index contributed by atoms with van der Waals surface area (Å²) in [5.74, 6) is -0.333. The van der Waals surface area contributed by atoms with Crippen LogP contribution in [0, 0.1) is 5.82 Å². The van der Waals surface area contributed by atoms with E-state index in [-0.39, 0.29) is 5.82 Å². The van der Waals surface area contributed by atoms with Gasteiger partial charge in [-0.1, -0.05) is 15.9 Å². The molecular weight excluding hydrogens is 237 g/mol. The van der Waals surface area contributed by atoms with Gasteiger partial charge in [-0.2, -0.15) is 5.10 Å². The van der Waals surface area contributed by atoms with Crippen molar-refractivity contribution in [1.29, 1.82) is 0 Å². The van der Waals surface area contributed by atoms with E-state index in [0.717, 1.165) is 0 Å². The largest absolute Gasteiger partial charge is 0.223 e. The van der Waals surface area contributed by atoms with Crippen molar-refractivity contribution in [2.75, 3.05) is 0 Å². The molecule has 1 aromatic carbocycles. The highest BCUT2D eigenvalue weighted by Crippen LogP contribution is 2.17. The van der Waals surface area contributed by atoms with Gasteiger partial charge in [0.15, 0.2) is 0 Å². The first-order valence-corrected chi connectivity index (χ1v) is 4.37. The molecule has 2 aromatic rings. The number of hydrogen-bond donors (Lipinski definition) is 0. The second-order valence-corrected chi connectivity index (χ2v) is 3.35. The molecule has 0 N–H and O–H groups in total. The lowest BCUT2D eigenvalue weighted by molar-refractivity contribution is 0.610. The van der Waals surface area contributed by atoms with E-state index in [0.29, 0.717) is 10.2 Å². The van der Waals surface area contributed by atoms with Gasteiger partial charge in [0.2, 0.25) is 0 Å². The standard InChI is InChI=1S/C8H5BrFN3/c9-6-1-2-8(7(10)3-6)13-5-11-4-12-13/h1-5H. The number of aromatic nitrogens is 3. The minimum Gasteiger partial charge on any atom is -0.223 e. The highest BCUT2D eigenvalue weighted by Gasteiger charge is 2.04. The molecule has 1 aromatic heterocycles. The summed E-state index contributed by atoms with van der Waals surface area (Å²) in [7, 11) is 0. The topological polar surface area (TPSA) is 30.7 Å². The third-order valence-corrected chi connectivity index (χ3v) is 2.07. The quantitative estimate of drug-likeness (QED) is 0.767. The van der Waals surface area contributed by atoms with E-state index in [1.807, 2.05) is 0 Å². The fourth-order valence-corrected chi connectivity index (χ4v) is 1.33. The maximum atomic E-state index is 13.3. The molecule has 0 saturated carbocycles. The Morgan fingerprint density at radius 1 is 1.38 bits per heavy atom. The molecule has 0 bridgehead atoms. The van der Waals surface area contributed by atoms with Crippen LogP contribution in [-0.2, 0) is 0 Å². The summed E-state index contributed by atoms with van der Waals surface area (Å²) in [5, 5.41) is 3.83. The van der Waals surface area contributed by atoms with Crippen LogP contribution in [-0.4, -0.2) is 14.8 Å². The third kappa shape index (κ3) is 1.60. The maximum absolute atomic E-state index is 13.3. The van der Waals surface area contributed by atoms with Gasteiger partial charge in [-0.05, 0) is 18.2 Å². The SMILES string of the molecule is Fc1cc(Br)ccc1-n1cncn1. The molecular formula is C8H5BrFN3. The zero-order valence-corrected chi connectivity index (χ0v) is 8.07. The molecule has 0 saturated heterocycles. The number of halogens is 2. The van der Waals surface area contributed by atoms with Gasteiger partial charge in [0.1, 0.15) is 24.2 Å². The lowest BCUT2D eigenvalue weighted by atomic mass is 10.3. The Balaban J connectivity index is 2.53. The average molecular weight is 242 g/mol. The van der Waals surface area contributed by atoms with Crippen LogP contribution < -0.4 is 0 Å². The van der Waals surface area contributed by atoms with Crippen LogP contribution >= 0.6 is 15.9 Å². The molecule has 0 radical (unpaired) electrons. The number of benzene rings is 1. The first-order chi connectivity index (χ1) is 6.27. The van der Waals surface area contributed by atoms with E-state index in [4.69, 9.17) is 0 Å². The predicted molar refractivity (Wildman–Crippen MR) is 49.0 cm³/mol. The van der Waals surface area contributed by atoms with Gasteiger partial charge in [-0.15, -0.1) is 0 Å². The minimum atomic E-state index is -0.333. The highest BCUT2D eigenvalue weighted by atomic mass is 79.9. The van der Waals surface area contributed by atoms with Crippen molar-refractivity contribution < 1.29 is 4.39 Å². The Labute approximate surface area is 82.3 Å². The lowest BCUT2D eigenvalue weighted by Gasteiger charge is -2.01. The van der Waals surface area contributed by atoms with Crippen LogP contribution in [0.3, 0.4) is 0 Å². The Morgan fingerprint density at radius 3 is 2.85 bits per heavy atom. The fourth-order valence-electron chi connectivity index (χ4n) is 1.000. The molecule has 1 heterocycles. The van der Waals surface area contributed by atoms with E-state index in [9.17, 15) is 4.39 Å². The van der Waals surface area contributed by atoms with Crippen LogP contribution in [0.5, 0.6) is 0 Å². The normalized spacial score (nSPS) is 10.3. The fraction of sp³-hybridized carbons (Fsp3) is 0. The van der Waals surface area contributed by atoms with Crippen molar-refractivity contribution in [3.63, 3.8) is 0 Å². The molecule has 0 aliphatic carbocycles. The summed E-state index contributed by atoms with van der Waals surface area (Å²) < 4.78 is 15.4. The summed E-state index contributed by atoms with van der Waals surface area (Å²) in [4.78, 5) is 3.74. The van der Waals surface area contributed by atoms with Crippen LogP contribution in [0.2, 0.25) is 0 Å². The molecule has 0 amide bonds. The van der Waals surface area contributed by atoms with E-state index < -0.39 is 0 Å². The molecule has 0 atom stereocenters. The van der Waals surface area contributed by atoms with Crippen LogP contribution in [0.25, 0.3) is 5.69 Å². The lowest BCUT2D eigenvalue weighted by Crippen LogP contribution is -1.97. The molecule has 3 nitrogen and oxygen atoms in total. The zero-order valence-electron chi connectivity index (χ0n) is 6.48. The number of hydrogen-bond acceptors (Lipinski definition) is 2. The van der Waals surface area contributed by atoms with Gasteiger partial charge < -0.3 is 0 Å². The summed E-state index contributed by atoms with van der Waals surface area (Å²) in [5.41, 5.74) is 0.390. The van der Waals surface area contributed by atoms with E-state index in [1.54, 1.807) is 12.1 Å². The first kappa shape index (κ1) is 8.37. The Morgan fingerprint density at radius 2 is 2.23 bits per heavy atom. The van der Waals surface area contributed by atoms with Crippen molar-refractivity contribution >= 4 is 15.9 Å². The average Bonchev–Trinajstić information content (AvgIpc) is 2.56. The molecule has 13 heavy (non-hydrogen) atoms. The molecule has 66 valence electrons. The first-order valence-electron chi connectivity index (χ1n) is 3.57. The van der Waals surface area contributed by atoms with E-state index in [2.05, 4.69) is 26.0 Å². The van der Waals surface area contributed by atoms with Crippen molar-refractivity contribution in [3.05, 3.63) is 41.1 Å². The Hall–Kier alpha value is -1.23. The van der Waals surface area contributed by atoms with Gasteiger partial charge in [0.05, 0.1) is 0 Å². The van der Waals surface area contributed by atoms with Crippen LogP contribution in [0.4, 0.5) is 4.39 Å². The van der Waals surface area contributed by atoms with Crippen molar-refractivity contribution in [3.8, 4) is 5.69 Å². The summed E-state index contributed by atoms with van der Waals surface area (Å²) in [6, 6.07) is 4.77. The highest BCUT2D eigenvalue weighted by molar-refractivity contribution is 9.10. The summed E-state index contributed by atoms with van der Waals surface area (Å²) in [6.45, 7) is 0. The molecule has 0 unspecified atom stereocenters. The molecule has 0 aliphatic heterocycles. The second kappa shape index (κ2) is 3.26. The number of nitrogens with zero attached hydrogens (tertiary/aromatic N) is 3. The monoisotopic (exact) mass is 241 g/mol. The summed E-state index contributed by atoms with van der Waals surface area (Å²) >= 11 is 3.17. The molecule has 2 rings (SSSR count). The Bertz CT molecular complexity index is 413. The molecule has 0 aliphatic rings. The van der Waals surface area contributed by atoms with Gasteiger partial charge in [-0.25, -0.2) is 14.1 Å². The van der Waals surface area contributed by atoms with Gasteiger partial charge in [0, 0.05) is 4.47 Å². The smallest absolute Gasteiger partial charge is 0.150 e. The van der Waals surface area contributed by atoms with Crippen molar-refractivity contribution in [2.45, 2.75) is 0 Å². The maximum Gasteiger partial charge on any atom is 0.150 e. The molecule has 5 heteroatoms. The Kier molecular flexibility index (Phi) is 2.10. The van der Waals surface area contributed by atoms with Gasteiger partial charge in [0.25, 0.3) is 0 Å². The van der Waals surface area contributed by atoms with Gasteiger partial charge >= 0.3 is 0 Å². The summed E-state index contributed by atoms with van der Waals surface area (Å²) in [6.07, 6.45) is 2.81. The van der Waals surface area contributed by atoms with E-state index in [1.165, 1.54) is 23.4 Å². The van der Waals surface area contributed by atoms with E-state index >= 15 is 0 Å². The van der Waals surface area contributed by atoms with Gasteiger partial charge in [-0.3, -0.25) is 0 Å². The molecule has 0 fully saturated rings.